The molecule has 0 aliphatic rings. The minimum absolute atomic E-state index is 0.148. The maximum Gasteiger partial charge on any atom is 0.274 e. The maximum absolute atomic E-state index is 11.7. The smallest absolute Gasteiger partial charge is 0.274 e. The van der Waals surface area contributed by atoms with E-state index in [1.54, 1.807) is 0 Å². The van der Waals surface area contributed by atoms with Crippen molar-refractivity contribution in [3.63, 3.8) is 0 Å². The minimum Gasteiger partial charge on any atom is -0.323 e. The highest BCUT2D eigenvalue weighted by Gasteiger charge is 2.06. The van der Waals surface area contributed by atoms with E-state index in [0.29, 0.717) is 5.69 Å². The molecule has 82 valence electrons. The van der Waals surface area contributed by atoms with Gasteiger partial charge in [-0.25, -0.2) is 4.98 Å². The molecule has 0 saturated heterocycles. The molecule has 0 spiro atoms. The highest BCUT2D eigenvalue weighted by molar-refractivity contribution is 9.10. The van der Waals surface area contributed by atoms with E-state index >= 15 is 0 Å². The third kappa shape index (κ3) is 2.07. The third-order valence-corrected chi connectivity index (χ3v) is 2.98. The Hall–Kier alpha value is -1.42. The SMILES string of the molecule is Cc1nc(-c2ccc(Br)cc2)c(=O)[nH]c1C. The van der Waals surface area contributed by atoms with Crippen LogP contribution in [0.15, 0.2) is 33.5 Å². The Morgan fingerprint density at radius 2 is 1.81 bits per heavy atom. The van der Waals surface area contributed by atoms with Gasteiger partial charge in [-0.2, -0.15) is 0 Å². The van der Waals surface area contributed by atoms with Gasteiger partial charge >= 0.3 is 0 Å². The van der Waals surface area contributed by atoms with Gasteiger partial charge in [0.1, 0.15) is 5.69 Å². The van der Waals surface area contributed by atoms with Gasteiger partial charge in [-0.05, 0) is 26.0 Å². The number of hydrogen-bond acceptors (Lipinski definition) is 2. The van der Waals surface area contributed by atoms with Crippen molar-refractivity contribution < 1.29 is 0 Å². The predicted molar refractivity (Wildman–Crippen MR) is 67.5 cm³/mol. The molecule has 0 bridgehead atoms. The Morgan fingerprint density at radius 1 is 1.19 bits per heavy atom. The quantitative estimate of drug-likeness (QED) is 0.872. The summed E-state index contributed by atoms with van der Waals surface area (Å²) < 4.78 is 0.983. The number of rotatable bonds is 1. The van der Waals surface area contributed by atoms with E-state index in [4.69, 9.17) is 0 Å². The van der Waals surface area contributed by atoms with Crippen molar-refractivity contribution in [2.75, 3.05) is 0 Å². The van der Waals surface area contributed by atoms with Gasteiger partial charge in [-0.15, -0.1) is 0 Å². The molecule has 16 heavy (non-hydrogen) atoms. The van der Waals surface area contributed by atoms with E-state index < -0.39 is 0 Å². The van der Waals surface area contributed by atoms with Gasteiger partial charge in [0, 0.05) is 15.7 Å². The lowest BCUT2D eigenvalue weighted by atomic mass is 10.1. The normalized spacial score (nSPS) is 10.4. The van der Waals surface area contributed by atoms with Crippen LogP contribution in [-0.4, -0.2) is 9.97 Å². The Morgan fingerprint density at radius 3 is 2.44 bits per heavy atom. The van der Waals surface area contributed by atoms with Gasteiger partial charge in [-0.1, -0.05) is 28.1 Å². The lowest BCUT2D eigenvalue weighted by molar-refractivity contribution is 1.02. The average Bonchev–Trinajstić information content (AvgIpc) is 2.25. The minimum atomic E-state index is -0.148. The molecule has 1 aromatic heterocycles. The third-order valence-electron chi connectivity index (χ3n) is 2.46. The molecule has 4 heteroatoms. The molecular formula is C12H11BrN2O. The summed E-state index contributed by atoms with van der Waals surface area (Å²) in [5.41, 5.74) is 2.80. The van der Waals surface area contributed by atoms with E-state index in [2.05, 4.69) is 25.9 Å². The second-order valence-electron chi connectivity index (χ2n) is 3.63. The molecule has 1 N–H and O–H groups in total. The van der Waals surface area contributed by atoms with Crippen LogP contribution >= 0.6 is 15.9 Å². The lowest BCUT2D eigenvalue weighted by Crippen LogP contribution is -2.14. The fourth-order valence-corrected chi connectivity index (χ4v) is 1.69. The van der Waals surface area contributed by atoms with Crippen LogP contribution < -0.4 is 5.56 Å². The van der Waals surface area contributed by atoms with Crippen LogP contribution in [0.25, 0.3) is 11.3 Å². The standard InChI is InChI=1S/C12H11BrN2O/c1-7-8(2)15-12(16)11(14-7)9-3-5-10(13)6-4-9/h3-6H,1-2H3,(H,15,16). The van der Waals surface area contributed by atoms with Crippen LogP contribution in [0.5, 0.6) is 0 Å². The molecule has 0 atom stereocenters. The Kier molecular flexibility index (Phi) is 2.92. The Bertz CT molecular complexity index is 573. The maximum atomic E-state index is 11.7. The molecule has 0 amide bonds. The zero-order valence-electron chi connectivity index (χ0n) is 9.04. The van der Waals surface area contributed by atoms with Crippen LogP contribution in [0.3, 0.4) is 0 Å². The molecule has 2 rings (SSSR count). The van der Waals surface area contributed by atoms with Crippen molar-refractivity contribution in [2.24, 2.45) is 0 Å². The van der Waals surface area contributed by atoms with Crippen LogP contribution in [0, 0.1) is 13.8 Å². The zero-order chi connectivity index (χ0) is 11.7. The number of benzene rings is 1. The van der Waals surface area contributed by atoms with Crippen LogP contribution in [0.4, 0.5) is 0 Å². The van der Waals surface area contributed by atoms with Crippen molar-refractivity contribution in [2.45, 2.75) is 13.8 Å². The molecule has 0 aliphatic carbocycles. The number of nitrogens with one attached hydrogen (secondary N) is 1. The Labute approximate surface area is 102 Å². The van der Waals surface area contributed by atoms with Crippen molar-refractivity contribution in [1.82, 2.24) is 9.97 Å². The first-order valence-corrected chi connectivity index (χ1v) is 5.70. The van der Waals surface area contributed by atoms with Gasteiger partial charge in [0.2, 0.25) is 0 Å². The highest BCUT2D eigenvalue weighted by Crippen LogP contribution is 2.17. The summed E-state index contributed by atoms with van der Waals surface area (Å²) in [7, 11) is 0. The monoisotopic (exact) mass is 278 g/mol. The topological polar surface area (TPSA) is 45.8 Å². The van der Waals surface area contributed by atoms with Crippen LogP contribution in [0.1, 0.15) is 11.4 Å². The van der Waals surface area contributed by atoms with E-state index in [1.807, 2.05) is 38.1 Å². The number of H-pyrrole nitrogens is 1. The Balaban J connectivity index is 2.60. The van der Waals surface area contributed by atoms with Gasteiger partial charge in [0.15, 0.2) is 0 Å². The summed E-state index contributed by atoms with van der Waals surface area (Å²) in [6.45, 7) is 3.72. The molecule has 0 unspecified atom stereocenters. The molecular weight excluding hydrogens is 268 g/mol. The summed E-state index contributed by atoms with van der Waals surface area (Å²) in [4.78, 5) is 18.9. The molecule has 0 radical (unpaired) electrons. The summed E-state index contributed by atoms with van der Waals surface area (Å²) >= 11 is 3.36. The second-order valence-corrected chi connectivity index (χ2v) is 4.55. The number of nitrogens with zero attached hydrogens (tertiary/aromatic N) is 1. The fraction of sp³-hybridized carbons (Fsp3) is 0.167. The van der Waals surface area contributed by atoms with Crippen molar-refractivity contribution in [1.29, 1.82) is 0 Å². The van der Waals surface area contributed by atoms with E-state index in [9.17, 15) is 4.79 Å². The number of aryl methyl sites for hydroxylation is 2. The first-order valence-electron chi connectivity index (χ1n) is 4.91. The van der Waals surface area contributed by atoms with E-state index in [0.717, 1.165) is 21.4 Å². The first-order chi connectivity index (χ1) is 7.58. The molecule has 1 heterocycles. The molecule has 0 aliphatic heterocycles. The number of aromatic amines is 1. The summed E-state index contributed by atoms with van der Waals surface area (Å²) in [6, 6.07) is 7.53. The largest absolute Gasteiger partial charge is 0.323 e. The van der Waals surface area contributed by atoms with Crippen molar-refractivity contribution in [3.05, 3.63) is 50.5 Å². The zero-order valence-corrected chi connectivity index (χ0v) is 10.6. The van der Waals surface area contributed by atoms with Gasteiger partial charge < -0.3 is 4.98 Å². The second kappa shape index (κ2) is 4.22. The van der Waals surface area contributed by atoms with Crippen LogP contribution in [-0.2, 0) is 0 Å². The highest BCUT2D eigenvalue weighted by atomic mass is 79.9. The number of aromatic nitrogens is 2. The number of hydrogen-bond donors (Lipinski definition) is 1. The first kappa shape index (κ1) is 11.1. The molecule has 1 aromatic carbocycles. The van der Waals surface area contributed by atoms with Crippen LogP contribution in [0.2, 0.25) is 0 Å². The molecule has 0 saturated carbocycles. The van der Waals surface area contributed by atoms with Crippen molar-refractivity contribution in [3.8, 4) is 11.3 Å². The lowest BCUT2D eigenvalue weighted by Gasteiger charge is -2.03. The molecule has 2 aromatic rings. The fourth-order valence-electron chi connectivity index (χ4n) is 1.43. The van der Waals surface area contributed by atoms with Crippen molar-refractivity contribution >= 4 is 15.9 Å². The van der Waals surface area contributed by atoms with Gasteiger partial charge in [0.25, 0.3) is 5.56 Å². The van der Waals surface area contributed by atoms with E-state index in [1.165, 1.54) is 0 Å². The summed E-state index contributed by atoms with van der Waals surface area (Å²) in [5, 5.41) is 0. The summed E-state index contributed by atoms with van der Waals surface area (Å²) in [5.74, 6) is 0. The molecule has 3 nitrogen and oxygen atoms in total. The van der Waals surface area contributed by atoms with E-state index in [-0.39, 0.29) is 5.56 Å². The predicted octanol–water partition coefficient (Wildman–Crippen LogP) is 2.82. The average molecular weight is 279 g/mol. The summed E-state index contributed by atoms with van der Waals surface area (Å²) in [6.07, 6.45) is 0. The van der Waals surface area contributed by atoms with Gasteiger partial charge in [0.05, 0.1) is 5.69 Å². The van der Waals surface area contributed by atoms with Gasteiger partial charge in [-0.3, -0.25) is 4.79 Å². The number of halogens is 1. The molecule has 0 fully saturated rings.